The second-order valence-electron chi connectivity index (χ2n) is 4.13. The molecule has 1 saturated heterocycles. The zero-order chi connectivity index (χ0) is 16.2. The first-order valence-electron chi connectivity index (χ1n) is 7.86. The third-order valence-corrected chi connectivity index (χ3v) is 2.60. The Kier molecular flexibility index (Phi) is 28.7. The Morgan fingerprint density at radius 3 is 1.75 bits per heavy atom. The molecule has 124 valence electrons. The number of hydrogen-bond donors (Lipinski definition) is 0. The van der Waals surface area contributed by atoms with E-state index in [9.17, 15) is 0 Å². The highest BCUT2D eigenvalue weighted by molar-refractivity contribution is 5.52. The van der Waals surface area contributed by atoms with Gasteiger partial charge in [-0.15, -0.1) is 5.16 Å². The van der Waals surface area contributed by atoms with E-state index >= 15 is 0 Å². The summed E-state index contributed by atoms with van der Waals surface area (Å²) in [6.07, 6.45) is 5.32. The van der Waals surface area contributed by atoms with Crippen molar-refractivity contribution >= 4 is 6.21 Å². The summed E-state index contributed by atoms with van der Waals surface area (Å²) in [5.74, 6) is 0.935. The highest BCUT2D eigenvalue weighted by Crippen LogP contribution is 2.03. The summed E-state index contributed by atoms with van der Waals surface area (Å²) in [6.45, 7) is 16.2. The minimum Gasteiger partial charge on any atom is -0.399 e. The Balaban J connectivity index is -0.000000207. The van der Waals surface area contributed by atoms with Crippen molar-refractivity contribution in [2.45, 2.75) is 74.0 Å². The van der Waals surface area contributed by atoms with E-state index in [2.05, 4.69) is 30.8 Å². The predicted octanol–water partition coefficient (Wildman–Crippen LogP) is 4.88. The topological polar surface area (TPSA) is 40.0 Å². The third-order valence-electron chi connectivity index (χ3n) is 2.60. The molecule has 0 N–H and O–H groups in total. The molecular formula is C16H37NO3. The number of hydrogen-bond acceptors (Lipinski definition) is 4. The fraction of sp³-hybridized carbons (Fsp3) is 0.938. The molecule has 0 spiro atoms. The monoisotopic (exact) mass is 291 g/mol. The van der Waals surface area contributed by atoms with Crippen LogP contribution in [-0.2, 0) is 14.3 Å². The van der Waals surface area contributed by atoms with E-state index in [1.165, 1.54) is 20.0 Å². The summed E-state index contributed by atoms with van der Waals surface area (Å²) < 4.78 is 10.1. The summed E-state index contributed by atoms with van der Waals surface area (Å²) in [4.78, 5) is 4.26. The lowest BCUT2D eigenvalue weighted by molar-refractivity contribution is -0.167. The van der Waals surface area contributed by atoms with Crippen molar-refractivity contribution in [3.8, 4) is 0 Å². The highest BCUT2D eigenvalue weighted by atomic mass is 16.7. The molecule has 0 bridgehead atoms. The first-order valence-corrected chi connectivity index (χ1v) is 7.86. The van der Waals surface area contributed by atoms with Crippen molar-refractivity contribution in [2.24, 2.45) is 11.1 Å². The summed E-state index contributed by atoms with van der Waals surface area (Å²) in [6, 6.07) is 0. The number of ether oxygens (including phenoxy) is 2. The summed E-state index contributed by atoms with van der Waals surface area (Å²) >= 11 is 0. The van der Waals surface area contributed by atoms with Crippen LogP contribution >= 0.6 is 0 Å². The lowest BCUT2D eigenvalue weighted by Gasteiger charge is -2.18. The van der Waals surface area contributed by atoms with Crippen LogP contribution in [0.1, 0.15) is 67.7 Å². The molecule has 1 aliphatic heterocycles. The maximum Gasteiger partial charge on any atom is 0.154 e. The maximum atomic E-state index is 5.06. The van der Waals surface area contributed by atoms with Gasteiger partial charge in [-0.3, -0.25) is 0 Å². The second-order valence-corrected chi connectivity index (χ2v) is 4.13. The van der Waals surface area contributed by atoms with Gasteiger partial charge in [-0.05, 0) is 26.2 Å². The van der Waals surface area contributed by atoms with E-state index in [0.717, 1.165) is 25.6 Å². The molecule has 0 radical (unpaired) electrons. The van der Waals surface area contributed by atoms with Gasteiger partial charge < -0.3 is 14.3 Å². The van der Waals surface area contributed by atoms with Crippen LogP contribution in [0.4, 0.5) is 0 Å². The molecule has 0 aliphatic carbocycles. The first kappa shape index (κ1) is 24.4. The van der Waals surface area contributed by atoms with Gasteiger partial charge in [0.15, 0.2) is 6.29 Å². The molecule has 0 saturated carbocycles. The van der Waals surface area contributed by atoms with Crippen LogP contribution in [0.2, 0.25) is 0 Å². The zero-order valence-corrected chi connectivity index (χ0v) is 14.9. The molecule has 4 heteroatoms. The average Bonchev–Trinajstić information content (AvgIpc) is 2.51. The molecule has 1 aliphatic rings. The number of oxime groups is 1. The van der Waals surface area contributed by atoms with Crippen molar-refractivity contribution in [3.05, 3.63) is 0 Å². The molecule has 4 nitrogen and oxygen atoms in total. The van der Waals surface area contributed by atoms with E-state index in [0.29, 0.717) is 0 Å². The Morgan fingerprint density at radius 1 is 1.20 bits per heavy atom. The fourth-order valence-electron chi connectivity index (χ4n) is 1.000. The minimum absolute atomic E-state index is 0.0359. The van der Waals surface area contributed by atoms with Gasteiger partial charge >= 0.3 is 0 Å². The van der Waals surface area contributed by atoms with Gasteiger partial charge in [0.05, 0.1) is 13.2 Å². The first-order chi connectivity index (χ1) is 9.62. The van der Waals surface area contributed by atoms with Crippen molar-refractivity contribution < 1.29 is 14.3 Å². The molecule has 0 aromatic carbocycles. The predicted molar refractivity (Wildman–Crippen MR) is 88.3 cm³/mol. The molecule has 0 aromatic heterocycles. The Labute approximate surface area is 126 Å². The minimum atomic E-state index is 0.0359. The molecular weight excluding hydrogens is 254 g/mol. The van der Waals surface area contributed by atoms with Gasteiger partial charge in [0, 0.05) is 6.21 Å². The normalized spacial score (nSPS) is 14.4. The van der Waals surface area contributed by atoms with E-state index in [1.807, 2.05) is 20.8 Å². The summed E-state index contributed by atoms with van der Waals surface area (Å²) in [5, 5.41) is 3.35. The smallest absolute Gasteiger partial charge is 0.154 e. The van der Waals surface area contributed by atoms with Crippen LogP contribution in [0.15, 0.2) is 5.16 Å². The lowest BCUT2D eigenvalue weighted by Crippen LogP contribution is -2.21. The van der Waals surface area contributed by atoms with Crippen LogP contribution in [0.25, 0.3) is 0 Å². The van der Waals surface area contributed by atoms with E-state index in [1.54, 1.807) is 13.1 Å². The maximum absolute atomic E-state index is 5.06. The highest BCUT2D eigenvalue weighted by Gasteiger charge is 2.05. The molecule has 0 aromatic rings. The van der Waals surface area contributed by atoms with Crippen LogP contribution in [-0.4, -0.2) is 32.8 Å². The Bertz CT molecular complexity index is 165. The van der Waals surface area contributed by atoms with E-state index in [4.69, 9.17) is 9.47 Å². The van der Waals surface area contributed by atoms with Crippen LogP contribution in [0.3, 0.4) is 0 Å². The lowest BCUT2D eigenvalue weighted by atomic mass is 10.1. The molecule has 20 heavy (non-hydrogen) atoms. The zero-order valence-electron chi connectivity index (χ0n) is 14.9. The number of nitrogens with zero attached hydrogens (tertiary/aromatic N) is 1. The van der Waals surface area contributed by atoms with Gasteiger partial charge in [0.2, 0.25) is 0 Å². The Hall–Kier alpha value is -0.610. The van der Waals surface area contributed by atoms with Gasteiger partial charge in [-0.2, -0.15) is 0 Å². The average molecular weight is 291 g/mol. The summed E-state index contributed by atoms with van der Waals surface area (Å²) in [5.41, 5.74) is 0. The van der Waals surface area contributed by atoms with Gasteiger partial charge in [0.25, 0.3) is 0 Å². The van der Waals surface area contributed by atoms with Crippen molar-refractivity contribution in [1.29, 1.82) is 0 Å². The van der Waals surface area contributed by atoms with Crippen molar-refractivity contribution in [2.75, 3.05) is 20.3 Å². The van der Waals surface area contributed by atoms with E-state index in [-0.39, 0.29) is 6.29 Å². The summed E-state index contributed by atoms with van der Waals surface area (Å²) in [7, 11) is 1.51. The van der Waals surface area contributed by atoms with Gasteiger partial charge in [-0.1, -0.05) is 47.5 Å². The van der Waals surface area contributed by atoms with Gasteiger partial charge in [0.1, 0.15) is 7.11 Å². The fourth-order valence-corrected chi connectivity index (χ4v) is 1.000. The second kappa shape index (κ2) is 23.5. The van der Waals surface area contributed by atoms with Crippen LogP contribution in [0.5, 0.6) is 0 Å². The molecule has 1 fully saturated rings. The largest absolute Gasteiger partial charge is 0.399 e. The molecule has 0 atom stereocenters. The molecule has 1 rings (SSSR count). The quantitative estimate of drug-likeness (QED) is 0.550. The molecule has 1 heterocycles. The van der Waals surface area contributed by atoms with Crippen LogP contribution in [0, 0.1) is 5.92 Å². The number of rotatable bonds is 3. The van der Waals surface area contributed by atoms with Crippen molar-refractivity contribution in [1.82, 2.24) is 0 Å². The van der Waals surface area contributed by atoms with Crippen molar-refractivity contribution in [3.63, 3.8) is 0 Å². The SMILES string of the molecule is C/C=N/OC.CC.CC1OCCCO1.CCC(C)CC. The van der Waals surface area contributed by atoms with E-state index < -0.39 is 0 Å². The third kappa shape index (κ3) is 26.1. The van der Waals surface area contributed by atoms with Crippen LogP contribution < -0.4 is 0 Å². The standard InChI is InChI=1S/C6H14.C5H10O2.C3H7NO.C2H6/c1-4-6(3)5-2;1-5-6-3-2-4-7-5;1-3-4-5-2;1-2/h6H,4-5H2,1-3H3;5H,2-4H2,1H3;3H,1-2H3;1-2H3/b;;4-3+;. The Morgan fingerprint density at radius 2 is 1.65 bits per heavy atom. The molecule has 0 amide bonds. The molecule has 0 unspecified atom stereocenters. The van der Waals surface area contributed by atoms with Gasteiger partial charge in [-0.25, -0.2) is 0 Å².